The molecule has 1 aromatic rings. The van der Waals surface area contributed by atoms with E-state index in [1.807, 2.05) is 6.07 Å². The zero-order valence-corrected chi connectivity index (χ0v) is 10.7. The van der Waals surface area contributed by atoms with E-state index in [0.717, 1.165) is 18.1 Å². The molecule has 94 valence electrons. The fourth-order valence-electron chi connectivity index (χ4n) is 2.82. The summed E-state index contributed by atoms with van der Waals surface area (Å²) in [6, 6.07) is 8.83. The highest BCUT2D eigenvalue weighted by Gasteiger charge is 2.17. The second kappa shape index (κ2) is 6.06. The van der Waals surface area contributed by atoms with Crippen molar-refractivity contribution in [3.63, 3.8) is 0 Å². The number of benzene rings is 1. The summed E-state index contributed by atoms with van der Waals surface area (Å²) < 4.78 is 5.27. The minimum absolute atomic E-state index is 0.410. The van der Waals surface area contributed by atoms with E-state index < -0.39 is 0 Å². The van der Waals surface area contributed by atoms with Gasteiger partial charge in [-0.15, -0.1) is 0 Å². The maximum atomic E-state index is 6.11. The van der Waals surface area contributed by atoms with Crippen molar-refractivity contribution in [2.45, 2.75) is 44.6 Å². The van der Waals surface area contributed by atoms with Gasteiger partial charge < -0.3 is 10.5 Å². The highest BCUT2D eigenvalue weighted by Crippen LogP contribution is 2.26. The number of methoxy groups -OCH3 is 1. The van der Waals surface area contributed by atoms with Gasteiger partial charge in [-0.2, -0.15) is 0 Å². The van der Waals surface area contributed by atoms with E-state index in [1.165, 1.54) is 37.7 Å². The van der Waals surface area contributed by atoms with Crippen LogP contribution in [0.2, 0.25) is 0 Å². The standard InChI is InChI=1S/C15H23NO/c1-17-15-8-4-6-13(11-15)9-12-5-2-3-7-14(16)10-12/h4,6,8,11-12,14H,2-3,5,7,9-10,16H2,1H3. The topological polar surface area (TPSA) is 35.2 Å². The second-order valence-electron chi connectivity index (χ2n) is 5.20. The number of ether oxygens (including phenoxy) is 1. The smallest absolute Gasteiger partial charge is 0.119 e. The van der Waals surface area contributed by atoms with Crippen LogP contribution in [-0.4, -0.2) is 13.2 Å². The second-order valence-corrected chi connectivity index (χ2v) is 5.20. The SMILES string of the molecule is COc1cccc(CC2CCCCC(N)C2)c1. The van der Waals surface area contributed by atoms with E-state index in [0.29, 0.717) is 6.04 Å². The summed E-state index contributed by atoms with van der Waals surface area (Å²) in [5.74, 6) is 1.71. The van der Waals surface area contributed by atoms with Crippen molar-refractivity contribution in [1.29, 1.82) is 0 Å². The Hall–Kier alpha value is -1.02. The van der Waals surface area contributed by atoms with Crippen LogP contribution in [-0.2, 0) is 6.42 Å². The van der Waals surface area contributed by atoms with Gasteiger partial charge in [-0.05, 0) is 42.9 Å². The maximum Gasteiger partial charge on any atom is 0.119 e. The van der Waals surface area contributed by atoms with Crippen LogP contribution in [0.5, 0.6) is 5.75 Å². The van der Waals surface area contributed by atoms with Crippen LogP contribution in [0.4, 0.5) is 0 Å². The molecule has 0 spiro atoms. The Morgan fingerprint density at radius 3 is 2.94 bits per heavy atom. The van der Waals surface area contributed by atoms with E-state index in [-0.39, 0.29) is 0 Å². The van der Waals surface area contributed by atoms with Gasteiger partial charge in [0.2, 0.25) is 0 Å². The van der Waals surface area contributed by atoms with E-state index >= 15 is 0 Å². The third kappa shape index (κ3) is 3.74. The lowest BCUT2D eigenvalue weighted by atomic mass is 9.91. The molecular formula is C15H23NO. The van der Waals surface area contributed by atoms with Gasteiger partial charge in [0, 0.05) is 6.04 Å². The first-order valence-corrected chi connectivity index (χ1v) is 6.66. The Balaban J connectivity index is 1.98. The van der Waals surface area contributed by atoms with Crippen LogP contribution >= 0.6 is 0 Å². The zero-order valence-electron chi connectivity index (χ0n) is 10.7. The first kappa shape index (κ1) is 12.4. The van der Waals surface area contributed by atoms with E-state index in [1.54, 1.807) is 7.11 Å². The average molecular weight is 233 g/mol. The van der Waals surface area contributed by atoms with Crippen molar-refractivity contribution in [3.8, 4) is 5.75 Å². The van der Waals surface area contributed by atoms with Gasteiger partial charge in [0.25, 0.3) is 0 Å². The fraction of sp³-hybridized carbons (Fsp3) is 0.600. The lowest BCUT2D eigenvalue weighted by Crippen LogP contribution is -2.22. The summed E-state index contributed by atoms with van der Waals surface area (Å²) >= 11 is 0. The van der Waals surface area contributed by atoms with Gasteiger partial charge in [-0.3, -0.25) is 0 Å². The first-order chi connectivity index (χ1) is 8.28. The Labute approximate surface area is 104 Å². The third-order valence-electron chi connectivity index (χ3n) is 3.73. The van der Waals surface area contributed by atoms with Gasteiger partial charge in [0.15, 0.2) is 0 Å². The molecule has 2 atom stereocenters. The molecule has 0 aliphatic heterocycles. The summed E-state index contributed by atoms with van der Waals surface area (Å²) in [6.07, 6.45) is 7.49. The molecule has 0 bridgehead atoms. The summed E-state index contributed by atoms with van der Waals surface area (Å²) in [5, 5.41) is 0. The monoisotopic (exact) mass is 233 g/mol. The van der Waals surface area contributed by atoms with Gasteiger partial charge in [-0.1, -0.05) is 31.4 Å². The van der Waals surface area contributed by atoms with Crippen molar-refractivity contribution < 1.29 is 4.74 Å². The van der Waals surface area contributed by atoms with Gasteiger partial charge in [0.05, 0.1) is 7.11 Å². The molecule has 2 unspecified atom stereocenters. The quantitative estimate of drug-likeness (QED) is 0.814. The summed E-state index contributed by atoms with van der Waals surface area (Å²) in [4.78, 5) is 0. The van der Waals surface area contributed by atoms with Crippen molar-refractivity contribution >= 4 is 0 Å². The molecule has 1 aliphatic rings. The summed E-state index contributed by atoms with van der Waals surface area (Å²) in [6.45, 7) is 0. The largest absolute Gasteiger partial charge is 0.497 e. The zero-order chi connectivity index (χ0) is 12.1. The molecule has 0 heterocycles. The van der Waals surface area contributed by atoms with Crippen molar-refractivity contribution in [1.82, 2.24) is 0 Å². The maximum absolute atomic E-state index is 6.11. The van der Waals surface area contributed by atoms with Crippen molar-refractivity contribution in [2.24, 2.45) is 11.7 Å². The lowest BCUT2D eigenvalue weighted by molar-refractivity contribution is 0.410. The van der Waals surface area contributed by atoms with E-state index in [2.05, 4.69) is 18.2 Å². The molecule has 0 aromatic heterocycles. The Morgan fingerprint density at radius 2 is 2.12 bits per heavy atom. The molecule has 1 fully saturated rings. The molecule has 2 rings (SSSR count). The Kier molecular flexibility index (Phi) is 4.43. The van der Waals surface area contributed by atoms with E-state index in [9.17, 15) is 0 Å². The van der Waals surface area contributed by atoms with Gasteiger partial charge in [0.1, 0.15) is 5.75 Å². The van der Waals surface area contributed by atoms with Crippen LogP contribution in [0.25, 0.3) is 0 Å². The van der Waals surface area contributed by atoms with Crippen molar-refractivity contribution in [2.75, 3.05) is 7.11 Å². The normalized spacial score (nSPS) is 25.3. The predicted octanol–water partition coefficient (Wildman–Crippen LogP) is 3.15. The molecule has 2 nitrogen and oxygen atoms in total. The van der Waals surface area contributed by atoms with Crippen LogP contribution in [0.15, 0.2) is 24.3 Å². The van der Waals surface area contributed by atoms with Crippen LogP contribution in [0.3, 0.4) is 0 Å². The van der Waals surface area contributed by atoms with Crippen LogP contribution in [0, 0.1) is 5.92 Å². The molecule has 2 heteroatoms. The van der Waals surface area contributed by atoms with Crippen LogP contribution < -0.4 is 10.5 Å². The van der Waals surface area contributed by atoms with E-state index in [4.69, 9.17) is 10.5 Å². The Bertz CT molecular complexity index is 351. The number of nitrogens with two attached hydrogens (primary N) is 1. The number of hydrogen-bond donors (Lipinski definition) is 1. The minimum atomic E-state index is 0.410. The average Bonchev–Trinajstić information content (AvgIpc) is 2.54. The summed E-state index contributed by atoms with van der Waals surface area (Å²) in [7, 11) is 1.72. The molecule has 0 amide bonds. The molecule has 0 radical (unpaired) electrons. The van der Waals surface area contributed by atoms with Gasteiger partial charge >= 0.3 is 0 Å². The molecule has 2 N–H and O–H groups in total. The number of hydrogen-bond acceptors (Lipinski definition) is 2. The fourth-order valence-corrected chi connectivity index (χ4v) is 2.82. The molecular weight excluding hydrogens is 210 g/mol. The molecule has 1 saturated carbocycles. The number of rotatable bonds is 3. The first-order valence-electron chi connectivity index (χ1n) is 6.66. The molecule has 1 aliphatic carbocycles. The summed E-state index contributed by atoms with van der Waals surface area (Å²) in [5.41, 5.74) is 7.49. The minimum Gasteiger partial charge on any atom is -0.497 e. The highest BCUT2D eigenvalue weighted by molar-refractivity contribution is 5.28. The van der Waals surface area contributed by atoms with Crippen LogP contribution in [0.1, 0.15) is 37.7 Å². The molecule has 17 heavy (non-hydrogen) atoms. The van der Waals surface area contributed by atoms with Crippen molar-refractivity contribution in [3.05, 3.63) is 29.8 Å². The lowest BCUT2D eigenvalue weighted by Gasteiger charge is -2.17. The van der Waals surface area contributed by atoms with Gasteiger partial charge in [-0.25, -0.2) is 0 Å². The predicted molar refractivity (Wildman–Crippen MR) is 71.2 cm³/mol. The third-order valence-corrected chi connectivity index (χ3v) is 3.73. The molecule has 1 aromatic carbocycles. The Morgan fingerprint density at radius 1 is 1.29 bits per heavy atom. The molecule has 0 saturated heterocycles. The highest BCUT2D eigenvalue weighted by atomic mass is 16.5.